The molecule has 1 saturated heterocycles. The van der Waals surface area contributed by atoms with E-state index in [1.54, 1.807) is 0 Å². The van der Waals surface area contributed by atoms with Gasteiger partial charge in [0.1, 0.15) is 5.82 Å². The number of nitrogens with one attached hydrogen (secondary N) is 1. The Balaban J connectivity index is 1.95. The first-order chi connectivity index (χ1) is 9.09. The second kappa shape index (κ2) is 6.38. The Morgan fingerprint density at radius 1 is 1.26 bits per heavy atom. The van der Waals surface area contributed by atoms with E-state index >= 15 is 0 Å². The largest absolute Gasteiger partial charge is 0.370 e. The van der Waals surface area contributed by atoms with Crippen molar-refractivity contribution < 1.29 is 0 Å². The van der Waals surface area contributed by atoms with Crippen molar-refractivity contribution in [2.45, 2.75) is 46.6 Å². The van der Waals surface area contributed by atoms with Gasteiger partial charge in [-0.05, 0) is 56.8 Å². The first-order valence-corrected chi connectivity index (χ1v) is 7.51. The third kappa shape index (κ3) is 4.50. The Bertz CT molecular complexity index is 401. The minimum absolute atomic E-state index is 0.508. The third-order valence-electron chi connectivity index (χ3n) is 3.98. The van der Waals surface area contributed by atoms with Crippen LogP contribution < -0.4 is 5.32 Å². The lowest BCUT2D eigenvalue weighted by Crippen LogP contribution is -2.25. The maximum absolute atomic E-state index is 4.67. The van der Waals surface area contributed by atoms with Crippen LogP contribution in [0.15, 0.2) is 18.2 Å². The molecule has 3 nitrogen and oxygen atoms in total. The molecule has 0 atom stereocenters. The monoisotopic (exact) mass is 261 g/mol. The van der Waals surface area contributed by atoms with Crippen molar-refractivity contribution in [1.29, 1.82) is 0 Å². The average Bonchev–Trinajstić information content (AvgIpc) is 2.52. The van der Waals surface area contributed by atoms with Crippen LogP contribution in [0.1, 0.15) is 45.7 Å². The van der Waals surface area contributed by atoms with Crippen LogP contribution in [0.4, 0.5) is 5.82 Å². The third-order valence-corrected chi connectivity index (χ3v) is 3.98. The molecular formula is C16H27N3. The van der Waals surface area contributed by atoms with Crippen molar-refractivity contribution in [1.82, 2.24) is 9.88 Å². The van der Waals surface area contributed by atoms with Crippen molar-refractivity contribution >= 4 is 5.82 Å². The molecule has 0 saturated carbocycles. The Morgan fingerprint density at radius 3 is 2.89 bits per heavy atom. The summed E-state index contributed by atoms with van der Waals surface area (Å²) >= 11 is 0. The van der Waals surface area contributed by atoms with Crippen molar-refractivity contribution in [2.24, 2.45) is 5.41 Å². The van der Waals surface area contributed by atoms with Gasteiger partial charge in [0.2, 0.25) is 0 Å². The van der Waals surface area contributed by atoms with Gasteiger partial charge in [0.25, 0.3) is 0 Å². The molecule has 1 aliphatic heterocycles. The minimum Gasteiger partial charge on any atom is -0.370 e. The number of aromatic nitrogens is 1. The summed E-state index contributed by atoms with van der Waals surface area (Å²) in [6, 6.07) is 6.28. The van der Waals surface area contributed by atoms with E-state index < -0.39 is 0 Å². The maximum atomic E-state index is 4.67. The Kier molecular flexibility index (Phi) is 4.81. The van der Waals surface area contributed by atoms with Crippen LogP contribution in [0.2, 0.25) is 0 Å². The van der Waals surface area contributed by atoms with Crippen LogP contribution in [0.5, 0.6) is 0 Å². The number of anilines is 1. The molecule has 0 spiro atoms. The lowest BCUT2D eigenvalue weighted by Gasteiger charge is -2.23. The Labute approximate surface area is 117 Å². The number of nitrogens with zero attached hydrogens (tertiary/aromatic N) is 2. The van der Waals surface area contributed by atoms with Crippen molar-refractivity contribution in [2.75, 3.05) is 25.0 Å². The second-order valence-corrected chi connectivity index (χ2v) is 6.34. The molecule has 0 radical (unpaired) electrons. The summed E-state index contributed by atoms with van der Waals surface area (Å²) in [5.74, 6) is 0.996. The van der Waals surface area contributed by atoms with Gasteiger partial charge in [-0.2, -0.15) is 0 Å². The first-order valence-electron chi connectivity index (χ1n) is 7.51. The molecule has 0 bridgehead atoms. The van der Waals surface area contributed by atoms with E-state index in [0.717, 1.165) is 18.9 Å². The van der Waals surface area contributed by atoms with Gasteiger partial charge in [-0.15, -0.1) is 0 Å². The highest BCUT2D eigenvalue weighted by atomic mass is 15.1. The zero-order valence-electron chi connectivity index (χ0n) is 12.6. The van der Waals surface area contributed by atoms with E-state index in [0.29, 0.717) is 5.41 Å². The van der Waals surface area contributed by atoms with Gasteiger partial charge in [0, 0.05) is 13.1 Å². The van der Waals surface area contributed by atoms with Crippen LogP contribution in [0, 0.1) is 5.41 Å². The van der Waals surface area contributed by atoms with E-state index in [1.165, 1.54) is 38.0 Å². The van der Waals surface area contributed by atoms with E-state index in [-0.39, 0.29) is 0 Å². The molecule has 1 aromatic heterocycles. The molecule has 1 N–H and O–H groups in total. The quantitative estimate of drug-likeness (QED) is 0.898. The van der Waals surface area contributed by atoms with Crippen LogP contribution in [0.3, 0.4) is 0 Å². The fourth-order valence-corrected chi connectivity index (χ4v) is 2.71. The molecule has 0 aliphatic carbocycles. The molecule has 0 aromatic carbocycles. The Hall–Kier alpha value is -1.09. The van der Waals surface area contributed by atoms with E-state index in [2.05, 4.69) is 48.1 Å². The summed E-state index contributed by atoms with van der Waals surface area (Å²) in [4.78, 5) is 7.22. The fraction of sp³-hybridized carbons (Fsp3) is 0.688. The number of rotatable bonds is 4. The van der Waals surface area contributed by atoms with Crippen molar-refractivity contribution in [3.63, 3.8) is 0 Å². The van der Waals surface area contributed by atoms with Gasteiger partial charge in [0.15, 0.2) is 0 Å². The van der Waals surface area contributed by atoms with Gasteiger partial charge in [-0.3, -0.25) is 4.90 Å². The maximum Gasteiger partial charge on any atom is 0.126 e. The average molecular weight is 261 g/mol. The number of hydrogen-bond donors (Lipinski definition) is 1. The van der Waals surface area contributed by atoms with Gasteiger partial charge in [-0.25, -0.2) is 4.98 Å². The summed E-state index contributed by atoms with van der Waals surface area (Å²) in [6.45, 7) is 11.2. The van der Waals surface area contributed by atoms with Gasteiger partial charge in [0.05, 0.1) is 5.69 Å². The molecule has 1 fully saturated rings. The van der Waals surface area contributed by atoms with Gasteiger partial charge < -0.3 is 5.32 Å². The van der Waals surface area contributed by atoms with E-state index in [4.69, 9.17) is 0 Å². The summed E-state index contributed by atoms with van der Waals surface area (Å²) < 4.78 is 0. The molecule has 0 amide bonds. The van der Waals surface area contributed by atoms with Crippen molar-refractivity contribution in [3.8, 4) is 0 Å². The van der Waals surface area contributed by atoms with Crippen LogP contribution in [0.25, 0.3) is 0 Å². The second-order valence-electron chi connectivity index (χ2n) is 6.34. The van der Waals surface area contributed by atoms with E-state index in [1.807, 2.05) is 6.07 Å². The number of pyridine rings is 1. The van der Waals surface area contributed by atoms with Crippen molar-refractivity contribution in [3.05, 3.63) is 23.9 Å². The minimum atomic E-state index is 0.508. The van der Waals surface area contributed by atoms with E-state index in [9.17, 15) is 0 Å². The summed E-state index contributed by atoms with van der Waals surface area (Å²) in [6.07, 6.45) is 3.94. The zero-order valence-corrected chi connectivity index (χ0v) is 12.6. The highest BCUT2D eigenvalue weighted by Crippen LogP contribution is 2.30. The summed E-state index contributed by atoms with van der Waals surface area (Å²) in [7, 11) is 0. The summed E-state index contributed by atoms with van der Waals surface area (Å²) in [5.41, 5.74) is 1.69. The SMILES string of the molecule is CCNc1cccc(CN2CCCC(C)(C)CC2)n1. The molecule has 0 unspecified atom stereocenters. The predicted molar refractivity (Wildman–Crippen MR) is 81.3 cm³/mol. The topological polar surface area (TPSA) is 28.2 Å². The zero-order chi connectivity index (χ0) is 13.7. The molecule has 19 heavy (non-hydrogen) atoms. The fourth-order valence-electron chi connectivity index (χ4n) is 2.71. The lowest BCUT2D eigenvalue weighted by molar-refractivity contribution is 0.253. The molecule has 2 rings (SSSR count). The highest BCUT2D eigenvalue weighted by molar-refractivity contribution is 5.34. The number of hydrogen-bond acceptors (Lipinski definition) is 3. The molecule has 1 aliphatic rings. The predicted octanol–water partition coefficient (Wildman–Crippen LogP) is 3.53. The molecule has 106 valence electrons. The number of likely N-dealkylation sites (tertiary alicyclic amines) is 1. The standard InChI is InChI=1S/C16H27N3/c1-4-17-15-8-5-7-14(18-15)13-19-11-6-9-16(2,3)10-12-19/h5,7-8H,4,6,9-13H2,1-3H3,(H,17,18). The normalized spacial score (nSPS) is 19.9. The Morgan fingerprint density at radius 2 is 2.11 bits per heavy atom. The van der Waals surface area contributed by atoms with Crippen LogP contribution in [-0.2, 0) is 6.54 Å². The molecule has 1 aromatic rings. The molecular weight excluding hydrogens is 234 g/mol. The lowest BCUT2D eigenvalue weighted by atomic mass is 9.85. The summed E-state index contributed by atoms with van der Waals surface area (Å²) in [5, 5.41) is 3.28. The smallest absolute Gasteiger partial charge is 0.126 e. The first kappa shape index (κ1) is 14.3. The van der Waals surface area contributed by atoms with Crippen LogP contribution in [-0.4, -0.2) is 29.5 Å². The molecule has 3 heteroatoms. The van der Waals surface area contributed by atoms with Gasteiger partial charge >= 0.3 is 0 Å². The van der Waals surface area contributed by atoms with Crippen LogP contribution >= 0.6 is 0 Å². The highest BCUT2D eigenvalue weighted by Gasteiger charge is 2.23. The molecule has 2 heterocycles. The van der Waals surface area contributed by atoms with Gasteiger partial charge in [-0.1, -0.05) is 19.9 Å².